The fourth-order valence-corrected chi connectivity index (χ4v) is 3.49. The highest BCUT2D eigenvalue weighted by Crippen LogP contribution is 2.32. The van der Waals surface area contributed by atoms with E-state index in [0.717, 1.165) is 6.54 Å². The van der Waals surface area contributed by atoms with E-state index in [4.69, 9.17) is 0 Å². The molecule has 2 heterocycles. The van der Waals surface area contributed by atoms with Crippen molar-refractivity contribution in [1.82, 2.24) is 14.8 Å². The second-order valence-corrected chi connectivity index (χ2v) is 7.45. The molecule has 1 atom stereocenters. The van der Waals surface area contributed by atoms with Crippen LogP contribution >= 0.6 is 0 Å². The van der Waals surface area contributed by atoms with E-state index in [2.05, 4.69) is 24.1 Å². The van der Waals surface area contributed by atoms with Crippen LogP contribution in [-0.2, 0) is 4.79 Å². The van der Waals surface area contributed by atoms with Crippen LogP contribution in [0.15, 0.2) is 18.3 Å². The highest BCUT2D eigenvalue weighted by atomic mass is 16.2. The lowest BCUT2D eigenvalue weighted by Crippen LogP contribution is -2.48. The zero-order valence-corrected chi connectivity index (χ0v) is 15.4. The molecule has 1 saturated carbocycles. The molecule has 25 heavy (non-hydrogen) atoms. The van der Waals surface area contributed by atoms with E-state index in [1.165, 1.54) is 12.8 Å². The average molecular weight is 344 g/mol. The topological polar surface area (TPSA) is 65.5 Å². The normalized spacial score (nSPS) is 21.4. The van der Waals surface area contributed by atoms with Crippen molar-refractivity contribution in [2.45, 2.75) is 39.2 Å². The molecule has 0 radical (unpaired) electrons. The van der Waals surface area contributed by atoms with Gasteiger partial charge in [0.05, 0.1) is 11.6 Å². The number of anilines is 1. The zero-order chi connectivity index (χ0) is 18.0. The first-order chi connectivity index (χ1) is 12.0. The molecule has 1 aromatic rings. The summed E-state index contributed by atoms with van der Waals surface area (Å²) in [6.07, 6.45) is 4.51. The number of rotatable bonds is 5. The number of nitrogens with one attached hydrogen (secondary N) is 1. The van der Waals surface area contributed by atoms with Gasteiger partial charge in [0, 0.05) is 39.3 Å². The summed E-state index contributed by atoms with van der Waals surface area (Å²) < 4.78 is 0. The fraction of sp³-hybridized carbons (Fsp3) is 0.632. The predicted octanol–water partition coefficient (Wildman–Crippen LogP) is 2.23. The van der Waals surface area contributed by atoms with Crippen molar-refractivity contribution in [3.8, 4) is 0 Å². The molecular formula is C19H28N4O2. The maximum atomic E-state index is 13.1. The van der Waals surface area contributed by atoms with Crippen molar-refractivity contribution in [2.75, 3.05) is 32.0 Å². The van der Waals surface area contributed by atoms with E-state index in [-0.39, 0.29) is 17.9 Å². The fourth-order valence-electron chi connectivity index (χ4n) is 3.49. The Balaban J connectivity index is 1.82. The zero-order valence-electron chi connectivity index (χ0n) is 15.4. The van der Waals surface area contributed by atoms with Crippen molar-refractivity contribution in [3.05, 3.63) is 23.9 Å². The van der Waals surface area contributed by atoms with Crippen molar-refractivity contribution in [3.63, 3.8) is 0 Å². The Morgan fingerprint density at radius 2 is 2.16 bits per heavy atom. The Kier molecular flexibility index (Phi) is 5.25. The van der Waals surface area contributed by atoms with Crippen LogP contribution in [0.25, 0.3) is 0 Å². The van der Waals surface area contributed by atoms with Gasteiger partial charge in [-0.05, 0) is 36.8 Å². The van der Waals surface area contributed by atoms with Crippen molar-refractivity contribution in [1.29, 1.82) is 0 Å². The molecule has 2 amide bonds. The lowest BCUT2D eigenvalue weighted by Gasteiger charge is -2.35. The number of carbonyl (C=O) groups excluding carboxylic acids is 2. The number of carbonyl (C=O) groups is 2. The third-order valence-corrected chi connectivity index (χ3v) is 5.21. The number of hydrogen-bond acceptors (Lipinski definition) is 4. The molecular weight excluding hydrogens is 316 g/mol. The third-order valence-electron chi connectivity index (χ3n) is 5.21. The van der Waals surface area contributed by atoms with Gasteiger partial charge in [0.2, 0.25) is 5.91 Å². The summed E-state index contributed by atoms with van der Waals surface area (Å²) >= 11 is 0. The molecule has 0 unspecified atom stereocenters. The minimum absolute atomic E-state index is 0.0517. The first-order valence-electron chi connectivity index (χ1n) is 9.22. The van der Waals surface area contributed by atoms with Gasteiger partial charge in [0.1, 0.15) is 5.82 Å². The van der Waals surface area contributed by atoms with Crippen LogP contribution in [0.3, 0.4) is 0 Å². The van der Waals surface area contributed by atoms with E-state index >= 15 is 0 Å². The van der Waals surface area contributed by atoms with Crippen LogP contribution in [0.5, 0.6) is 0 Å². The Labute approximate surface area is 149 Å². The molecule has 0 spiro atoms. The second kappa shape index (κ2) is 7.42. The molecule has 6 nitrogen and oxygen atoms in total. The standard InChI is InChI=1S/C19H28N4O2/c1-13(2)16-12-22(10-8-17(24)23(16)11-14-6-7-14)19(25)15-5-4-9-21-18(15)20-3/h4-5,9,13-14,16H,6-8,10-12H2,1-3H3,(H,20,21)/t16-/m0/s1. The summed E-state index contributed by atoms with van der Waals surface area (Å²) in [4.78, 5) is 33.8. The number of nitrogens with zero attached hydrogens (tertiary/aromatic N) is 3. The Bertz CT molecular complexity index is 642. The van der Waals surface area contributed by atoms with Gasteiger partial charge < -0.3 is 15.1 Å². The molecule has 136 valence electrons. The van der Waals surface area contributed by atoms with Crippen LogP contribution in [-0.4, -0.2) is 59.3 Å². The van der Waals surface area contributed by atoms with E-state index in [1.54, 1.807) is 25.4 Å². The van der Waals surface area contributed by atoms with Gasteiger partial charge >= 0.3 is 0 Å². The number of amides is 2. The van der Waals surface area contributed by atoms with E-state index in [9.17, 15) is 9.59 Å². The molecule has 1 aromatic heterocycles. The molecule has 1 aliphatic carbocycles. The lowest BCUT2D eigenvalue weighted by atomic mass is 10.0. The van der Waals surface area contributed by atoms with Gasteiger partial charge in [0.25, 0.3) is 5.91 Å². The summed E-state index contributed by atoms with van der Waals surface area (Å²) in [7, 11) is 1.76. The molecule has 1 N–H and O–H groups in total. The predicted molar refractivity (Wildman–Crippen MR) is 97.4 cm³/mol. The summed E-state index contributed by atoms with van der Waals surface area (Å²) in [5, 5.41) is 2.98. The summed E-state index contributed by atoms with van der Waals surface area (Å²) in [5.74, 6) is 1.68. The van der Waals surface area contributed by atoms with Crippen molar-refractivity contribution in [2.24, 2.45) is 11.8 Å². The van der Waals surface area contributed by atoms with Crippen LogP contribution in [0.4, 0.5) is 5.82 Å². The maximum absolute atomic E-state index is 13.1. The van der Waals surface area contributed by atoms with Gasteiger partial charge in [-0.3, -0.25) is 9.59 Å². The van der Waals surface area contributed by atoms with E-state index in [1.807, 2.05) is 9.80 Å². The monoisotopic (exact) mass is 344 g/mol. The second-order valence-electron chi connectivity index (χ2n) is 7.45. The van der Waals surface area contributed by atoms with Gasteiger partial charge in [0.15, 0.2) is 0 Å². The van der Waals surface area contributed by atoms with Crippen LogP contribution in [0.2, 0.25) is 0 Å². The Morgan fingerprint density at radius 3 is 2.80 bits per heavy atom. The van der Waals surface area contributed by atoms with Crippen molar-refractivity contribution >= 4 is 17.6 Å². The molecule has 1 saturated heterocycles. The van der Waals surface area contributed by atoms with Crippen LogP contribution in [0, 0.1) is 11.8 Å². The Morgan fingerprint density at radius 1 is 1.40 bits per heavy atom. The smallest absolute Gasteiger partial charge is 0.257 e. The highest BCUT2D eigenvalue weighted by Gasteiger charge is 2.37. The van der Waals surface area contributed by atoms with Gasteiger partial charge in [-0.15, -0.1) is 0 Å². The Hall–Kier alpha value is -2.11. The third kappa shape index (κ3) is 3.94. The molecule has 0 aromatic carbocycles. The maximum Gasteiger partial charge on any atom is 0.257 e. The van der Waals surface area contributed by atoms with Gasteiger partial charge in [-0.25, -0.2) is 4.98 Å². The number of aromatic nitrogens is 1. The molecule has 6 heteroatoms. The summed E-state index contributed by atoms with van der Waals surface area (Å²) in [6.45, 7) is 6.18. The van der Waals surface area contributed by atoms with Crippen LogP contribution < -0.4 is 5.32 Å². The molecule has 1 aliphatic heterocycles. The largest absolute Gasteiger partial charge is 0.372 e. The highest BCUT2D eigenvalue weighted by molar-refractivity contribution is 5.99. The van der Waals surface area contributed by atoms with Crippen LogP contribution in [0.1, 0.15) is 43.5 Å². The quantitative estimate of drug-likeness (QED) is 0.890. The molecule has 2 aliphatic rings. The molecule has 0 bridgehead atoms. The summed E-state index contributed by atoms with van der Waals surface area (Å²) in [5.41, 5.74) is 0.565. The number of pyridine rings is 1. The lowest BCUT2D eigenvalue weighted by molar-refractivity contribution is -0.133. The van der Waals surface area contributed by atoms with E-state index in [0.29, 0.717) is 42.7 Å². The van der Waals surface area contributed by atoms with Crippen molar-refractivity contribution < 1.29 is 9.59 Å². The average Bonchev–Trinajstić information content (AvgIpc) is 3.44. The minimum Gasteiger partial charge on any atom is -0.372 e. The van der Waals surface area contributed by atoms with E-state index < -0.39 is 0 Å². The van der Waals surface area contributed by atoms with Gasteiger partial charge in [-0.1, -0.05) is 13.8 Å². The molecule has 2 fully saturated rings. The summed E-state index contributed by atoms with van der Waals surface area (Å²) in [6, 6.07) is 3.64. The first-order valence-corrected chi connectivity index (χ1v) is 9.22. The first kappa shape index (κ1) is 17.7. The SMILES string of the molecule is CNc1ncccc1C(=O)N1CCC(=O)N(CC2CC2)[C@H](C(C)C)C1. The minimum atomic E-state index is -0.0517. The number of hydrogen-bond donors (Lipinski definition) is 1. The van der Waals surface area contributed by atoms with Gasteiger partial charge in [-0.2, -0.15) is 0 Å². The molecule has 3 rings (SSSR count).